The minimum Gasteiger partial charge on any atom is -0.507 e. The number of nitrogens with zero attached hydrogens (tertiary/aromatic N) is 1. The Bertz CT molecular complexity index is 576. The van der Waals surface area contributed by atoms with E-state index in [9.17, 15) is 14.7 Å². The lowest BCUT2D eigenvalue weighted by molar-refractivity contribution is -0.123. The van der Waals surface area contributed by atoms with Gasteiger partial charge in [-0.05, 0) is 53.6 Å². The zero-order valence-electron chi connectivity index (χ0n) is 10.8. The second-order valence-corrected chi connectivity index (χ2v) is 6.47. The first-order valence-electron chi connectivity index (χ1n) is 6.65. The number of hydrogen-bond donors (Lipinski definition) is 2. The highest BCUT2D eigenvalue weighted by Gasteiger charge is 2.43. The summed E-state index contributed by atoms with van der Waals surface area (Å²) in [4.78, 5) is 26.1. The fourth-order valence-corrected chi connectivity index (χ4v) is 3.53. The molecule has 2 aliphatic rings. The molecule has 2 fully saturated rings. The molecule has 2 N–H and O–H groups in total. The first-order chi connectivity index (χ1) is 9.58. The Balaban J connectivity index is 1.90. The minimum absolute atomic E-state index is 0.00479. The average molecular weight is 386 g/mol. The van der Waals surface area contributed by atoms with Gasteiger partial charge in [-0.15, -0.1) is 0 Å². The second kappa shape index (κ2) is 5.23. The number of halogens is 1. The van der Waals surface area contributed by atoms with E-state index < -0.39 is 0 Å². The molecule has 1 aromatic carbocycles. The van der Waals surface area contributed by atoms with Gasteiger partial charge < -0.3 is 15.3 Å². The van der Waals surface area contributed by atoms with Crippen molar-refractivity contribution in [3.05, 3.63) is 27.3 Å². The summed E-state index contributed by atoms with van der Waals surface area (Å²) in [6, 6.07) is 4.90. The number of benzene rings is 1. The molecular weight excluding hydrogens is 371 g/mol. The maximum atomic E-state index is 12.6. The zero-order valence-corrected chi connectivity index (χ0v) is 13.0. The van der Waals surface area contributed by atoms with Crippen molar-refractivity contribution in [3.8, 4) is 5.75 Å². The number of rotatable bonds is 1. The first-order valence-corrected chi connectivity index (χ1v) is 7.73. The van der Waals surface area contributed by atoms with Gasteiger partial charge in [0, 0.05) is 16.7 Å². The maximum Gasteiger partial charge on any atom is 0.257 e. The summed E-state index contributed by atoms with van der Waals surface area (Å²) in [6.07, 6.45) is 1.66. The number of carbonyl (C=O) groups is 2. The van der Waals surface area contributed by atoms with Crippen LogP contribution in [0.15, 0.2) is 18.2 Å². The number of hydrogen-bond acceptors (Lipinski definition) is 3. The molecule has 2 amide bonds. The van der Waals surface area contributed by atoms with E-state index in [-0.39, 0.29) is 29.5 Å². The fourth-order valence-electron chi connectivity index (χ4n) is 3.04. The van der Waals surface area contributed by atoms with Crippen LogP contribution in [0.5, 0.6) is 5.75 Å². The Morgan fingerprint density at radius 2 is 2.25 bits per heavy atom. The molecule has 2 aliphatic heterocycles. The predicted octanol–water partition coefficient (Wildman–Crippen LogP) is 1.35. The predicted molar refractivity (Wildman–Crippen MR) is 81.4 cm³/mol. The van der Waals surface area contributed by atoms with Crippen LogP contribution in [0.4, 0.5) is 0 Å². The Hall–Kier alpha value is -1.31. The molecule has 0 saturated carbocycles. The quantitative estimate of drug-likeness (QED) is 0.716. The smallest absolute Gasteiger partial charge is 0.257 e. The molecule has 2 heterocycles. The zero-order chi connectivity index (χ0) is 14.3. The number of nitrogens with one attached hydrogen (secondary N) is 1. The maximum absolute atomic E-state index is 12.6. The number of phenolic OH excluding ortho intramolecular Hbond substituents is 1. The SMILES string of the molecule is O=C1NCC2C1CCCN2C(=O)c1cc(I)ccc1O. The van der Waals surface area contributed by atoms with Gasteiger partial charge >= 0.3 is 0 Å². The molecule has 0 aliphatic carbocycles. The molecule has 2 atom stereocenters. The van der Waals surface area contributed by atoms with Gasteiger partial charge in [-0.3, -0.25) is 9.59 Å². The van der Waals surface area contributed by atoms with Gasteiger partial charge in [0.25, 0.3) is 5.91 Å². The van der Waals surface area contributed by atoms with Crippen LogP contribution >= 0.6 is 22.6 Å². The molecular formula is C14H15IN2O3. The van der Waals surface area contributed by atoms with Crippen molar-refractivity contribution in [2.75, 3.05) is 13.1 Å². The van der Waals surface area contributed by atoms with Crippen molar-refractivity contribution in [2.45, 2.75) is 18.9 Å². The van der Waals surface area contributed by atoms with Crippen LogP contribution in [0.3, 0.4) is 0 Å². The monoisotopic (exact) mass is 386 g/mol. The highest BCUT2D eigenvalue weighted by atomic mass is 127. The van der Waals surface area contributed by atoms with E-state index in [0.29, 0.717) is 18.7 Å². The van der Waals surface area contributed by atoms with Crippen LogP contribution < -0.4 is 5.32 Å². The Kier molecular flexibility index (Phi) is 3.57. The van der Waals surface area contributed by atoms with E-state index in [1.54, 1.807) is 17.0 Å². The highest BCUT2D eigenvalue weighted by Crippen LogP contribution is 2.30. The lowest BCUT2D eigenvalue weighted by atomic mass is 9.91. The number of piperidine rings is 1. The molecule has 0 bridgehead atoms. The van der Waals surface area contributed by atoms with E-state index in [4.69, 9.17) is 0 Å². The number of aromatic hydroxyl groups is 1. The Morgan fingerprint density at radius 1 is 1.45 bits per heavy atom. The van der Waals surface area contributed by atoms with Gasteiger partial charge in [0.15, 0.2) is 0 Å². The first kappa shape index (κ1) is 13.7. The van der Waals surface area contributed by atoms with Crippen LogP contribution in [0.2, 0.25) is 0 Å². The van der Waals surface area contributed by atoms with Gasteiger partial charge in [0.05, 0.1) is 17.5 Å². The van der Waals surface area contributed by atoms with Gasteiger partial charge in [-0.25, -0.2) is 0 Å². The summed E-state index contributed by atoms with van der Waals surface area (Å²) in [5.74, 6) is -0.251. The van der Waals surface area contributed by atoms with Gasteiger partial charge in [-0.1, -0.05) is 0 Å². The summed E-state index contributed by atoms with van der Waals surface area (Å²) >= 11 is 2.11. The molecule has 0 spiro atoms. The molecule has 0 aromatic heterocycles. The third kappa shape index (κ3) is 2.25. The summed E-state index contributed by atoms with van der Waals surface area (Å²) < 4.78 is 0.901. The van der Waals surface area contributed by atoms with Crippen molar-refractivity contribution in [3.63, 3.8) is 0 Å². The third-order valence-electron chi connectivity index (χ3n) is 4.05. The lowest BCUT2D eigenvalue weighted by Gasteiger charge is -2.36. The van der Waals surface area contributed by atoms with E-state index in [0.717, 1.165) is 16.4 Å². The lowest BCUT2D eigenvalue weighted by Crippen LogP contribution is -2.48. The fraction of sp³-hybridized carbons (Fsp3) is 0.429. The van der Waals surface area contributed by atoms with Crippen molar-refractivity contribution < 1.29 is 14.7 Å². The van der Waals surface area contributed by atoms with Crippen LogP contribution in [-0.4, -0.2) is 41.0 Å². The van der Waals surface area contributed by atoms with Crippen molar-refractivity contribution in [1.29, 1.82) is 0 Å². The second-order valence-electron chi connectivity index (χ2n) is 5.22. The van der Waals surface area contributed by atoms with Gasteiger partial charge in [-0.2, -0.15) is 0 Å². The number of likely N-dealkylation sites (tertiary alicyclic amines) is 1. The van der Waals surface area contributed by atoms with E-state index in [1.807, 2.05) is 0 Å². The van der Waals surface area contributed by atoms with Crippen LogP contribution in [0.1, 0.15) is 23.2 Å². The van der Waals surface area contributed by atoms with Crippen LogP contribution in [0, 0.1) is 9.49 Å². The molecule has 2 unspecified atom stereocenters. The standard InChI is InChI=1S/C14H15IN2O3/c15-8-3-4-12(18)10(6-8)14(20)17-5-1-2-9-11(17)7-16-13(9)19/h3-4,6,9,11,18H,1-2,5,7H2,(H,16,19). The van der Waals surface area contributed by atoms with E-state index in [1.165, 1.54) is 6.07 Å². The van der Waals surface area contributed by atoms with Crippen LogP contribution in [0.25, 0.3) is 0 Å². The molecule has 0 radical (unpaired) electrons. The number of phenols is 1. The topological polar surface area (TPSA) is 69.6 Å². The largest absolute Gasteiger partial charge is 0.507 e. The Morgan fingerprint density at radius 3 is 3.05 bits per heavy atom. The molecule has 3 rings (SSSR count). The summed E-state index contributed by atoms with van der Waals surface area (Å²) in [5, 5.41) is 12.7. The normalized spacial score (nSPS) is 25.2. The van der Waals surface area contributed by atoms with Gasteiger partial charge in [0.2, 0.25) is 5.91 Å². The van der Waals surface area contributed by atoms with Gasteiger partial charge in [0.1, 0.15) is 5.75 Å². The molecule has 20 heavy (non-hydrogen) atoms. The third-order valence-corrected chi connectivity index (χ3v) is 4.72. The number of amides is 2. The number of fused-ring (bicyclic) bond motifs is 1. The molecule has 1 aromatic rings. The number of carbonyl (C=O) groups excluding carboxylic acids is 2. The minimum atomic E-state index is -0.188. The highest BCUT2D eigenvalue weighted by molar-refractivity contribution is 14.1. The van der Waals surface area contributed by atoms with Crippen LogP contribution in [-0.2, 0) is 4.79 Å². The summed E-state index contributed by atoms with van der Waals surface area (Å²) in [5.41, 5.74) is 0.317. The summed E-state index contributed by atoms with van der Waals surface area (Å²) in [6.45, 7) is 1.15. The van der Waals surface area contributed by atoms with Crippen molar-refractivity contribution in [1.82, 2.24) is 10.2 Å². The molecule has 5 nitrogen and oxygen atoms in total. The molecule has 2 saturated heterocycles. The molecule has 106 valence electrons. The van der Waals surface area contributed by atoms with Crippen molar-refractivity contribution in [2.24, 2.45) is 5.92 Å². The Labute approximate surface area is 130 Å². The average Bonchev–Trinajstić information content (AvgIpc) is 2.83. The van der Waals surface area contributed by atoms with E-state index >= 15 is 0 Å². The van der Waals surface area contributed by atoms with E-state index in [2.05, 4.69) is 27.9 Å². The molecule has 6 heteroatoms. The van der Waals surface area contributed by atoms with Crippen molar-refractivity contribution >= 4 is 34.4 Å². The summed E-state index contributed by atoms with van der Waals surface area (Å²) in [7, 11) is 0.